The molecule has 1 aromatic carbocycles. The van der Waals surface area contributed by atoms with Crippen molar-refractivity contribution in [1.29, 1.82) is 0 Å². The smallest absolute Gasteiger partial charge is 0.295 e. The zero-order valence-corrected chi connectivity index (χ0v) is 20.1. The van der Waals surface area contributed by atoms with Crippen LogP contribution >= 0.6 is 0 Å². The van der Waals surface area contributed by atoms with E-state index < -0.39 is 0 Å². The molecular weight excluding hydrogens is 430 g/mol. The number of hydrogen-bond donors (Lipinski definition) is 2. The Balaban J connectivity index is 1.67. The second-order valence-electron chi connectivity index (χ2n) is 8.55. The molecule has 2 N–H and O–H groups in total. The Morgan fingerprint density at radius 3 is 2.59 bits per heavy atom. The van der Waals surface area contributed by atoms with E-state index in [2.05, 4.69) is 37.3 Å². The Hall–Kier alpha value is -3.72. The fourth-order valence-electron chi connectivity index (χ4n) is 3.65. The van der Waals surface area contributed by atoms with Crippen LogP contribution in [0, 0.1) is 0 Å². The third kappa shape index (κ3) is 5.43. The number of ether oxygens (including phenoxy) is 1. The number of anilines is 2. The SMILES string of the molecule is CC(C)OCCn1c(=O)c(NCCc2c[nH]cn2)nc2ccc(-c3ccc(N(C)C)cc3)nc21. The molecule has 0 saturated carbocycles. The highest BCUT2D eigenvalue weighted by Crippen LogP contribution is 2.23. The van der Waals surface area contributed by atoms with Crippen LogP contribution in [0.2, 0.25) is 0 Å². The van der Waals surface area contributed by atoms with Gasteiger partial charge >= 0.3 is 0 Å². The largest absolute Gasteiger partial charge is 0.378 e. The number of aromatic amines is 1. The number of nitrogens with one attached hydrogen (secondary N) is 2. The first-order valence-electron chi connectivity index (χ1n) is 11.4. The van der Waals surface area contributed by atoms with Gasteiger partial charge in [-0.2, -0.15) is 0 Å². The molecule has 3 heterocycles. The normalized spacial score (nSPS) is 11.3. The summed E-state index contributed by atoms with van der Waals surface area (Å²) in [5, 5.41) is 3.17. The van der Waals surface area contributed by atoms with Crippen LogP contribution in [0.15, 0.2) is 53.7 Å². The molecule has 34 heavy (non-hydrogen) atoms. The molecule has 0 aliphatic carbocycles. The van der Waals surface area contributed by atoms with Crippen LogP contribution in [0.1, 0.15) is 19.5 Å². The Morgan fingerprint density at radius 2 is 1.91 bits per heavy atom. The number of benzene rings is 1. The predicted octanol–water partition coefficient (Wildman–Crippen LogP) is 3.33. The number of H-pyrrole nitrogens is 1. The van der Waals surface area contributed by atoms with Crippen molar-refractivity contribution in [3.05, 3.63) is 65.0 Å². The van der Waals surface area contributed by atoms with Gasteiger partial charge in [0, 0.05) is 44.5 Å². The van der Waals surface area contributed by atoms with Gasteiger partial charge in [0.2, 0.25) is 0 Å². The molecule has 0 unspecified atom stereocenters. The van der Waals surface area contributed by atoms with Crippen LogP contribution in [0.4, 0.5) is 11.5 Å². The van der Waals surface area contributed by atoms with Crippen LogP contribution < -0.4 is 15.8 Å². The highest BCUT2D eigenvalue weighted by atomic mass is 16.5. The van der Waals surface area contributed by atoms with Gasteiger partial charge in [0.15, 0.2) is 11.5 Å². The highest BCUT2D eigenvalue weighted by molar-refractivity contribution is 5.77. The van der Waals surface area contributed by atoms with E-state index in [-0.39, 0.29) is 11.7 Å². The quantitative estimate of drug-likeness (QED) is 0.374. The number of rotatable bonds is 10. The summed E-state index contributed by atoms with van der Waals surface area (Å²) in [5.41, 5.74) is 4.78. The predicted molar refractivity (Wildman–Crippen MR) is 135 cm³/mol. The zero-order chi connectivity index (χ0) is 24.1. The zero-order valence-electron chi connectivity index (χ0n) is 20.1. The van der Waals surface area contributed by atoms with Gasteiger partial charge in [-0.15, -0.1) is 0 Å². The summed E-state index contributed by atoms with van der Waals surface area (Å²) < 4.78 is 7.38. The maximum atomic E-state index is 13.3. The van der Waals surface area contributed by atoms with Crippen molar-refractivity contribution in [1.82, 2.24) is 24.5 Å². The Kier molecular flexibility index (Phi) is 7.22. The van der Waals surface area contributed by atoms with Gasteiger partial charge in [0.25, 0.3) is 5.56 Å². The molecule has 0 radical (unpaired) electrons. The molecule has 4 aromatic rings. The van der Waals surface area contributed by atoms with Gasteiger partial charge < -0.3 is 19.9 Å². The van der Waals surface area contributed by atoms with Gasteiger partial charge in [-0.05, 0) is 38.1 Å². The lowest BCUT2D eigenvalue weighted by atomic mass is 10.1. The van der Waals surface area contributed by atoms with E-state index in [1.165, 1.54) is 0 Å². The number of aromatic nitrogens is 5. The molecule has 0 aliphatic rings. The van der Waals surface area contributed by atoms with E-state index in [0.29, 0.717) is 43.1 Å². The molecule has 4 rings (SSSR count). The summed E-state index contributed by atoms with van der Waals surface area (Å²) in [5.74, 6) is 0.303. The average molecular weight is 462 g/mol. The maximum absolute atomic E-state index is 13.3. The van der Waals surface area contributed by atoms with E-state index in [1.54, 1.807) is 10.9 Å². The van der Waals surface area contributed by atoms with Crippen LogP contribution in [0.5, 0.6) is 0 Å². The number of hydrogen-bond acceptors (Lipinski definition) is 7. The first-order valence-corrected chi connectivity index (χ1v) is 11.4. The topological polar surface area (TPSA) is 101 Å². The second-order valence-corrected chi connectivity index (χ2v) is 8.55. The molecule has 0 amide bonds. The molecule has 0 fully saturated rings. The lowest BCUT2D eigenvalue weighted by Gasteiger charge is -2.15. The lowest BCUT2D eigenvalue weighted by molar-refractivity contribution is 0.0728. The minimum absolute atomic E-state index is 0.0778. The fourth-order valence-corrected chi connectivity index (χ4v) is 3.65. The molecule has 9 nitrogen and oxygen atoms in total. The molecule has 0 atom stereocenters. The van der Waals surface area contributed by atoms with Gasteiger partial charge in [-0.3, -0.25) is 9.36 Å². The maximum Gasteiger partial charge on any atom is 0.295 e. The van der Waals surface area contributed by atoms with Gasteiger partial charge in [0.1, 0.15) is 5.52 Å². The minimum atomic E-state index is -0.213. The van der Waals surface area contributed by atoms with Crippen LogP contribution in [-0.2, 0) is 17.7 Å². The minimum Gasteiger partial charge on any atom is -0.378 e. The number of nitrogens with zero attached hydrogens (tertiary/aromatic N) is 5. The summed E-state index contributed by atoms with van der Waals surface area (Å²) in [6, 6.07) is 12.0. The van der Waals surface area contributed by atoms with Crippen molar-refractivity contribution in [3.63, 3.8) is 0 Å². The van der Waals surface area contributed by atoms with Crippen molar-refractivity contribution >= 4 is 22.7 Å². The third-order valence-electron chi connectivity index (χ3n) is 5.46. The molecule has 9 heteroatoms. The summed E-state index contributed by atoms with van der Waals surface area (Å²) in [6.45, 7) is 5.30. The van der Waals surface area contributed by atoms with E-state index in [9.17, 15) is 4.79 Å². The fraction of sp³-hybridized carbons (Fsp3) is 0.360. The van der Waals surface area contributed by atoms with Gasteiger partial charge in [0.05, 0.1) is 37.0 Å². The van der Waals surface area contributed by atoms with Gasteiger partial charge in [-0.25, -0.2) is 15.0 Å². The molecule has 3 aromatic heterocycles. The van der Waals surface area contributed by atoms with Crippen LogP contribution in [0.3, 0.4) is 0 Å². The van der Waals surface area contributed by atoms with Gasteiger partial charge in [-0.1, -0.05) is 12.1 Å². The van der Waals surface area contributed by atoms with E-state index in [4.69, 9.17) is 9.72 Å². The Labute approximate surface area is 198 Å². The van der Waals surface area contributed by atoms with E-state index in [0.717, 1.165) is 22.6 Å². The van der Waals surface area contributed by atoms with Crippen molar-refractivity contribution < 1.29 is 4.74 Å². The van der Waals surface area contributed by atoms with Crippen LogP contribution in [0.25, 0.3) is 22.4 Å². The molecule has 0 spiro atoms. The third-order valence-corrected chi connectivity index (χ3v) is 5.46. The van der Waals surface area contributed by atoms with Crippen molar-refractivity contribution in [2.24, 2.45) is 0 Å². The van der Waals surface area contributed by atoms with Crippen molar-refractivity contribution in [3.8, 4) is 11.3 Å². The molecule has 0 saturated heterocycles. The number of fused-ring (bicyclic) bond motifs is 1. The number of pyridine rings is 1. The molecule has 0 aliphatic heterocycles. The number of imidazole rings is 1. The summed E-state index contributed by atoms with van der Waals surface area (Å²) in [4.78, 5) is 32.0. The monoisotopic (exact) mass is 461 g/mol. The molecule has 178 valence electrons. The molecular formula is C25H31N7O2. The Morgan fingerprint density at radius 1 is 1.12 bits per heavy atom. The Bertz CT molecular complexity index is 1280. The lowest BCUT2D eigenvalue weighted by Crippen LogP contribution is -2.28. The summed E-state index contributed by atoms with van der Waals surface area (Å²) >= 11 is 0. The average Bonchev–Trinajstić information content (AvgIpc) is 3.34. The standard InChI is InChI=1S/C25H31N7O2/c1-17(2)34-14-13-32-24-22(29-23(25(32)33)27-12-11-19-15-26-16-28-19)10-9-21(30-24)18-5-7-20(8-6-18)31(3)4/h5-10,15-17H,11-14H2,1-4H3,(H,26,28)(H,27,29). The van der Waals surface area contributed by atoms with Crippen molar-refractivity contribution in [2.75, 3.05) is 37.5 Å². The van der Waals surface area contributed by atoms with E-state index >= 15 is 0 Å². The second kappa shape index (κ2) is 10.5. The first-order chi connectivity index (χ1) is 16.4. The summed E-state index contributed by atoms with van der Waals surface area (Å²) in [6.07, 6.45) is 4.24. The van der Waals surface area contributed by atoms with E-state index in [1.807, 2.05) is 58.4 Å². The molecule has 0 bridgehead atoms. The first kappa shape index (κ1) is 23.4. The van der Waals surface area contributed by atoms with Crippen molar-refractivity contribution in [2.45, 2.75) is 32.9 Å². The summed E-state index contributed by atoms with van der Waals surface area (Å²) in [7, 11) is 4.01. The highest BCUT2D eigenvalue weighted by Gasteiger charge is 2.14. The van der Waals surface area contributed by atoms with Crippen LogP contribution in [-0.4, -0.2) is 57.9 Å².